The molecule has 0 spiro atoms. The van der Waals surface area contributed by atoms with E-state index in [4.69, 9.17) is 13.1 Å². The summed E-state index contributed by atoms with van der Waals surface area (Å²) in [5.41, 5.74) is 3.51. The van der Waals surface area contributed by atoms with E-state index in [2.05, 4.69) is 25.3 Å². The number of benzene rings is 2. The minimum Gasteiger partial charge on any atom is -0.361 e. The van der Waals surface area contributed by atoms with Crippen LogP contribution in [0.2, 0.25) is 0 Å². The zero-order chi connectivity index (χ0) is 23.4. The van der Waals surface area contributed by atoms with Crippen molar-refractivity contribution in [3.05, 3.63) is 77.1 Å². The summed E-state index contributed by atoms with van der Waals surface area (Å²) < 4.78 is 0. The Morgan fingerprint density at radius 3 is 2.73 bits per heavy atom. The normalized spacial score (nSPS) is 16.1. The summed E-state index contributed by atoms with van der Waals surface area (Å²) in [5.74, 6) is -0.237. The van der Waals surface area contributed by atoms with Crippen LogP contribution in [-0.2, 0) is 11.2 Å². The molecule has 166 valence electrons. The molecule has 1 fully saturated rings. The largest absolute Gasteiger partial charge is 0.361 e. The second-order valence-electron chi connectivity index (χ2n) is 8.20. The van der Waals surface area contributed by atoms with Gasteiger partial charge in [-0.15, -0.1) is 0 Å². The fraction of sp³-hybridized carbons (Fsp3) is 0.280. The number of rotatable bonds is 5. The molecule has 1 aromatic heterocycles. The highest BCUT2D eigenvalue weighted by molar-refractivity contribution is 6.01. The average Bonchev–Trinajstić information content (AvgIpc) is 3.45. The first-order valence-corrected chi connectivity index (χ1v) is 10.8. The minimum absolute atomic E-state index is 0.0122. The number of aromatic amines is 1. The highest BCUT2D eigenvalue weighted by Gasteiger charge is 2.35. The van der Waals surface area contributed by atoms with Crippen LogP contribution in [0.5, 0.6) is 0 Å². The summed E-state index contributed by atoms with van der Waals surface area (Å²) in [6, 6.07) is 11.9. The zero-order valence-electron chi connectivity index (χ0n) is 18.3. The van der Waals surface area contributed by atoms with Crippen LogP contribution in [0.3, 0.4) is 0 Å². The maximum atomic E-state index is 12.9. The highest BCUT2D eigenvalue weighted by atomic mass is 16.2. The molecule has 4 rings (SSSR count). The van der Waals surface area contributed by atoms with Crippen LogP contribution in [0.4, 0.5) is 21.9 Å². The van der Waals surface area contributed by atoms with E-state index in [9.17, 15) is 9.59 Å². The Hall–Kier alpha value is -4.30. The Labute approximate surface area is 192 Å². The number of likely N-dealkylation sites (tertiary alicyclic amines) is 1. The number of hydrogen-bond donors (Lipinski definition) is 3. The van der Waals surface area contributed by atoms with Gasteiger partial charge in [0.15, 0.2) is 5.69 Å². The van der Waals surface area contributed by atoms with E-state index in [-0.39, 0.29) is 18.0 Å². The Balaban J connectivity index is 1.46. The van der Waals surface area contributed by atoms with E-state index in [0.29, 0.717) is 30.0 Å². The fourth-order valence-corrected chi connectivity index (χ4v) is 4.21. The monoisotopic (exact) mass is 440 g/mol. The number of fused-ring (bicyclic) bond motifs is 1. The lowest BCUT2D eigenvalue weighted by molar-refractivity contribution is -0.135. The van der Waals surface area contributed by atoms with Crippen molar-refractivity contribution in [1.82, 2.24) is 9.88 Å². The molecule has 3 aromatic rings. The third-order valence-electron chi connectivity index (χ3n) is 5.86. The predicted molar refractivity (Wildman–Crippen MR) is 128 cm³/mol. The first kappa shape index (κ1) is 21.9. The van der Waals surface area contributed by atoms with Crippen molar-refractivity contribution in [1.29, 1.82) is 0 Å². The molecule has 1 aliphatic rings. The Morgan fingerprint density at radius 2 is 1.97 bits per heavy atom. The van der Waals surface area contributed by atoms with Crippen LogP contribution in [0.25, 0.3) is 20.6 Å². The number of urea groups is 1. The second kappa shape index (κ2) is 9.46. The van der Waals surface area contributed by atoms with Crippen LogP contribution in [-0.4, -0.2) is 34.5 Å². The first-order valence-electron chi connectivity index (χ1n) is 10.8. The molecule has 3 amide bonds. The molecule has 33 heavy (non-hydrogen) atoms. The molecular formula is C25H24N6O2. The van der Waals surface area contributed by atoms with Crippen molar-refractivity contribution < 1.29 is 9.59 Å². The van der Waals surface area contributed by atoms with Crippen LogP contribution < -0.4 is 10.6 Å². The molecule has 1 saturated heterocycles. The Bertz CT molecular complexity index is 1280. The van der Waals surface area contributed by atoms with Crippen molar-refractivity contribution >= 4 is 39.9 Å². The van der Waals surface area contributed by atoms with Gasteiger partial charge in [0.05, 0.1) is 6.57 Å². The van der Waals surface area contributed by atoms with Gasteiger partial charge in [0, 0.05) is 47.4 Å². The fourth-order valence-electron chi connectivity index (χ4n) is 4.21. The molecule has 0 saturated carbocycles. The van der Waals surface area contributed by atoms with Gasteiger partial charge in [-0.25, -0.2) is 16.2 Å². The molecule has 2 aromatic carbocycles. The molecule has 0 bridgehead atoms. The van der Waals surface area contributed by atoms with Crippen molar-refractivity contribution in [2.75, 3.05) is 17.2 Å². The van der Waals surface area contributed by atoms with E-state index >= 15 is 0 Å². The molecule has 2 heterocycles. The van der Waals surface area contributed by atoms with E-state index < -0.39 is 6.03 Å². The van der Waals surface area contributed by atoms with Gasteiger partial charge in [0.1, 0.15) is 0 Å². The third kappa shape index (κ3) is 4.81. The molecule has 8 nitrogen and oxygen atoms in total. The van der Waals surface area contributed by atoms with E-state index in [1.54, 1.807) is 35.2 Å². The van der Waals surface area contributed by atoms with Gasteiger partial charge in [0.25, 0.3) is 0 Å². The van der Waals surface area contributed by atoms with Gasteiger partial charge < -0.3 is 15.6 Å². The molecular weight excluding hydrogens is 416 g/mol. The highest BCUT2D eigenvalue weighted by Crippen LogP contribution is 2.27. The number of carbonyl (C=O) groups is 2. The number of H-pyrrole nitrogens is 1. The van der Waals surface area contributed by atoms with E-state index in [1.807, 2.05) is 25.3 Å². The zero-order valence-corrected chi connectivity index (χ0v) is 18.3. The van der Waals surface area contributed by atoms with Gasteiger partial charge in [-0.2, -0.15) is 0 Å². The molecule has 1 aliphatic heterocycles. The summed E-state index contributed by atoms with van der Waals surface area (Å²) in [4.78, 5) is 37.2. The van der Waals surface area contributed by atoms with Crippen molar-refractivity contribution in [2.45, 2.75) is 32.4 Å². The number of carbonyl (C=O) groups excluding carboxylic acids is 2. The average molecular weight is 441 g/mol. The number of nitrogens with one attached hydrogen (secondary N) is 3. The summed E-state index contributed by atoms with van der Waals surface area (Å²) in [6.45, 7) is 16.9. The standard InChI is InChI=1S/C25H24N6O2/c1-16(24(32)31-11-5-8-23(31)27-3)12-17-15-28-22-10-9-20(14-21(17)22)30-25(33)29-19-7-4-6-18(13-19)26-2/h4,6-7,9-10,13-16,23,28H,5,8,11-12H2,1H3,(H2,29,30,33)/t16?,23-/m0/s1. The van der Waals surface area contributed by atoms with Crippen molar-refractivity contribution in [3.8, 4) is 0 Å². The van der Waals surface area contributed by atoms with Gasteiger partial charge in [-0.1, -0.05) is 19.1 Å². The molecule has 3 N–H and O–H groups in total. The van der Waals surface area contributed by atoms with Crippen molar-refractivity contribution in [3.63, 3.8) is 0 Å². The second-order valence-corrected chi connectivity index (χ2v) is 8.20. The van der Waals surface area contributed by atoms with Crippen LogP contribution in [0, 0.1) is 19.1 Å². The lowest BCUT2D eigenvalue weighted by atomic mass is 9.99. The van der Waals surface area contributed by atoms with E-state index in [1.165, 1.54) is 0 Å². The number of anilines is 2. The SMILES string of the molecule is [C-]#[N+]c1cccc(NC(=O)Nc2ccc3[nH]cc(CC(C)C(=O)N4CCC[C@H]4[N+]#[C-])c3c2)c1. The van der Waals surface area contributed by atoms with Gasteiger partial charge in [-0.3, -0.25) is 14.5 Å². The quantitative estimate of drug-likeness (QED) is 0.464. The maximum absolute atomic E-state index is 12.9. The predicted octanol–water partition coefficient (Wildman–Crippen LogP) is 5.41. The van der Waals surface area contributed by atoms with Crippen LogP contribution in [0.15, 0.2) is 48.7 Å². The Morgan fingerprint density at radius 1 is 1.18 bits per heavy atom. The van der Waals surface area contributed by atoms with Gasteiger partial charge in [-0.05, 0) is 48.7 Å². The number of hydrogen-bond acceptors (Lipinski definition) is 2. The smallest absolute Gasteiger partial charge is 0.323 e. The maximum Gasteiger partial charge on any atom is 0.323 e. The van der Waals surface area contributed by atoms with Crippen LogP contribution in [0.1, 0.15) is 25.3 Å². The minimum atomic E-state index is -0.406. The molecule has 2 atom stereocenters. The summed E-state index contributed by atoms with van der Waals surface area (Å²) >= 11 is 0. The van der Waals surface area contributed by atoms with Crippen LogP contribution >= 0.6 is 0 Å². The summed E-state index contributed by atoms with van der Waals surface area (Å²) in [5, 5.41) is 6.49. The third-order valence-corrected chi connectivity index (χ3v) is 5.86. The summed E-state index contributed by atoms with van der Waals surface area (Å²) in [6.07, 6.45) is 3.71. The molecule has 1 unspecified atom stereocenters. The number of aromatic nitrogens is 1. The molecule has 0 aliphatic carbocycles. The molecule has 0 radical (unpaired) electrons. The number of nitrogens with zero attached hydrogens (tertiary/aromatic N) is 3. The lowest BCUT2D eigenvalue weighted by Gasteiger charge is -2.20. The van der Waals surface area contributed by atoms with Gasteiger partial charge >= 0.3 is 12.2 Å². The van der Waals surface area contributed by atoms with E-state index in [0.717, 1.165) is 29.3 Å². The Kier molecular flexibility index (Phi) is 6.28. The van der Waals surface area contributed by atoms with Gasteiger partial charge in [0.2, 0.25) is 5.91 Å². The first-order chi connectivity index (χ1) is 16.0. The van der Waals surface area contributed by atoms with Crippen molar-refractivity contribution in [2.24, 2.45) is 5.92 Å². The number of amides is 3. The summed E-state index contributed by atoms with van der Waals surface area (Å²) in [7, 11) is 0. The lowest BCUT2D eigenvalue weighted by Crippen LogP contribution is -2.38. The topological polar surface area (TPSA) is 85.9 Å². The molecule has 8 heteroatoms.